The summed E-state index contributed by atoms with van der Waals surface area (Å²) in [6.07, 6.45) is 7.65. The minimum Gasteiger partial charge on any atom is -0.332 e. The van der Waals surface area contributed by atoms with E-state index in [0.717, 1.165) is 29.9 Å². The molecule has 23 heavy (non-hydrogen) atoms. The molecule has 1 N–H and O–H groups in total. The number of aldehydes is 1. The summed E-state index contributed by atoms with van der Waals surface area (Å²) >= 11 is 1.75. The van der Waals surface area contributed by atoms with Crippen LogP contribution >= 0.6 is 11.3 Å². The first kappa shape index (κ1) is 16.2. The molecule has 0 amide bonds. The highest BCUT2D eigenvalue weighted by molar-refractivity contribution is 7.15. The number of anilines is 2. The van der Waals surface area contributed by atoms with Gasteiger partial charge in [-0.3, -0.25) is 0 Å². The van der Waals surface area contributed by atoms with Crippen LogP contribution in [-0.4, -0.2) is 11.3 Å². The molecule has 0 bridgehead atoms. The molecular formula is C19H24N2OS. The summed E-state index contributed by atoms with van der Waals surface area (Å²) in [5, 5.41) is 4.38. The molecule has 4 heteroatoms. The molecule has 0 saturated carbocycles. The highest BCUT2D eigenvalue weighted by Crippen LogP contribution is 2.46. The van der Waals surface area contributed by atoms with Crippen molar-refractivity contribution in [2.75, 3.05) is 5.32 Å². The van der Waals surface area contributed by atoms with Gasteiger partial charge in [0.2, 0.25) is 0 Å². The van der Waals surface area contributed by atoms with E-state index in [2.05, 4.69) is 24.4 Å². The zero-order valence-corrected chi connectivity index (χ0v) is 14.4. The van der Waals surface area contributed by atoms with E-state index in [1.54, 1.807) is 11.3 Å². The van der Waals surface area contributed by atoms with Crippen LogP contribution in [0.15, 0.2) is 30.3 Å². The molecule has 3 nitrogen and oxygen atoms in total. The molecule has 2 atom stereocenters. The first-order valence-electron chi connectivity index (χ1n) is 8.57. The Hall–Kier alpha value is -1.68. The number of aromatic nitrogens is 1. The fourth-order valence-corrected chi connectivity index (χ4v) is 4.60. The second-order valence-corrected chi connectivity index (χ2v) is 7.37. The fourth-order valence-electron chi connectivity index (χ4n) is 3.46. The maximum Gasteiger partial charge on any atom is 0.187 e. The van der Waals surface area contributed by atoms with E-state index in [1.807, 2.05) is 18.2 Å². The van der Waals surface area contributed by atoms with Gasteiger partial charge in [0.1, 0.15) is 6.29 Å². The summed E-state index contributed by atoms with van der Waals surface area (Å²) < 4.78 is 0. The summed E-state index contributed by atoms with van der Waals surface area (Å²) in [5.41, 5.74) is 2.32. The third kappa shape index (κ3) is 3.81. The number of fused-ring (bicyclic) bond motifs is 1. The van der Waals surface area contributed by atoms with Crippen molar-refractivity contribution in [1.82, 2.24) is 4.98 Å². The number of benzene rings is 1. The van der Waals surface area contributed by atoms with Crippen molar-refractivity contribution in [3.63, 3.8) is 0 Å². The number of para-hydroxylation sites is 1. The van der Waals surface area contributed by atoms with Crippen molar-refractivity contribution in [2.45, 2.75) is 51.4 Å². The lowest BCUT2D eigenvalue weighted by Gasteiger charge is -2.17. The Morgan fingerprint density at radius 3 is 2.87 bits per heavy atom. The molecule has 0 saturated heterocycles. The van der Waals surface area contributed by atoms with Gasteiger partial charge in [-0.2, -0.15) is 0 Å². The van der Waals surface area contributed by atoms with Crippen LogP contribution in [0.5, 0.6) is 0 Å². The summed E-state index contributed by atoms with van der Waals surface area (Å²) in [7, 11) is 0. The summed E-state index contributed by atoms with van der Waals surface area (Å²) in [6, 6.07) is 10.2. The Balaban J connectivity index is 1.74. The molecule has 1 aromatic heterocycles. The Kier molecular flexibility index (Phi) is 5.44. The monoisotopic (exact) mass is 328 g/mol. The lowest BCUT2D eigenvalue weighted by Crippen LogP contribution is -2.10. The first-order chi connectivity index (χ1) is 11.3. The number of carbonyl (C=O) groups is 1. The molecule has 3 rings (SSSR count). The molecule has 1 aliphatic rings. The number of nitrogens with one attached hydrogen (secondary N) is 1. The van der Waals surface area contributed by atoms with Gasteiger partial charge in [0.05, 0.1) is 5.69 Å². The smallest absolute Gasteiger partial charge is 0.187 e. The van der Waals surface area contributed by atoms with Crippen LogP contribution in [0.3, 0.4) is 0 Å². The normalized spacial score (nSPS) is 19.5. The number of carbonyl (C=O) groups excluding carboxylic acids is 1. The lowest BCUT2D eigenvalue weighted by atomic mass is 9.88. The highest BCUT2D eigenvalue weighted by atomic mass is 32.1. The maximum absolute atomic E-state index is 11.0. The first-order valence-corrected chi connectivity index (χ1v) is 9.38. The van der Waals surface area contributed by atoms with Gasteiger partial charge in [0.25, 0.3) is 0 Å². The van der Waals surface area contributed by atoms with Crippen LogP contribution in [0.1, 0.15) is 55.5 Å². The van der Waals surface area contributed by atoms with Crippen molar-refractivity contribution in [2.24, 2.45) is 5.92 Å². The average molecular weight is 328 g/mol. The van der Waals surface area contributed by atoms with Crippen molar-refractivity contribution in [3.8, 4) is 0 Å². The number of thiazole rings is 1. The number of hydrogen-bond donors (Lipinski definition) is 1. The Bertz CT molecular complexity index is 638. The van der Waals surface area contributed by atoms with Gasteiger partial charge in [-0.05, 0) is 30.9 Å². The van der Waals surface area contributed by atoms with E-state index in [1.165, 1.54) is 29.8 Å². The summed E-state index contributed by atoms with van der Waals surface area (Å²) in [6.45, 7) is 2.23. The van der Waals surface area contributed by atoms with Gasteiger partial charge in [0, 0.05) is 22.9 Å². The van der Waals surface area contributed by atoms with E-state index in [4.69, 9.17) is 4.98 Å². The zero-order chi connectivity index (χ0) is 16.1. The largest absolute Gasteiger partial charge is 0.332 e. The predicted octanol–water partition coefficient (Wildman–Crippen LogP) is 5.31. The molecule has 0 fully saturated rings. The second kappa shape index (κ2) is 7.73. The van der Waals surface area contributed by atoms with Crippen molar-refractivity contribution < 1.29 is 4.79 Å². The summed E-state index contributed by atoms with van der Waals surface area (Å²) in [5.74, 6) is 0.924. The number of nitrogens with zero attached hydrogens (tertiary/aromatic N) is 1. The predicted molar refractivity (Wildman–Crippen MR) is 96.6 cm³/mol. The topological polar surface area (TPSA) is 42.0 Å². The molecule has 0 spiro atoms. The standard InChI is InChI=1S/C19H24N2OS/c1-2-3-5-10-16-14(11-12-22)13-17-18(16)21-19(23-17)20-15-8-6-4-7-9-15/h4,6-9,12,14,16H,2-3,5,10-11,13H2,1H3,(H,20,21). The average Bonchev–Trinajstić information content (AvgIpc) is 3.07. The van der Waals surface area contributed by atoms with Gasteiger partial charge in [-0.15, -0.1) is 11.3 Å². The minimum absolute atomic E-state index is 0.462. The van der Waals surface area contributed by atoms with Crippen LogP contribution in [-0.2, 0) is 11.2 Å². The molecule has 2 unspecified atom stereocenters. The lowest BCUT2D eigenvalue weighted by molar-refractivity contribution is -0.108. The molecule has 1 aliphatic carbocycles. The van der Waals surface area contributed by atoms with E-state index in [0.29, 0.717) is 18.3 Å². The minimum atomic E-state index is 0.462. The van der Waals surface area contributed by atoms with Crippen molar-refractivity contribution in [3.05, 3.63) is 40.9 Å². The van der Waals surface area contributed by atoms with E-state index < -0.39 is 0 Å². The number of hydrogen-bond acceptors (Lipinski definition) is 4. The van der Waals surface area contributed by atoms with Gasteiger partial charge < -0.3 is 10.1 Å². The Morgan fingerprint density at radius 2 is 2.13 bits per heavy atom. The van der Waals surface area contributed by atoms with Crippen LogP contribution in [0.2, 0.25) is 0 Å². The molecule has 0 aliphatic heterocycles. The molecule has 1 aromatic carbocycles. The Labute approximate surface area is 142 Å². The van der Waals surface area contributed by atoms with Crippen LogP contribution < -0.4 is 5.32 Å². The maximum atomic E-state index is 11.0. The molecule has 0 radical (unpaired) electrons. The van der Waals surface area contributed by atoms with E-state index in [9.17, 15) is 4.79 Å². The third-order valence-electron chi connectivity index (χ3n) is 4.64. The zero-order valence-electron chi connectivity index (χ0n) is 13.6. The Morgan fingerprint density at radius 1 is 1.30 bits per heavy atom. The van der Waals surface area contributed by atoms with Gasteiger partial charge in [-0.25, -0.2) is 4.98 Å². The van der Waals surface area contributed by atoms with Crippen LogP contribution in [0, 0.1) is 5.92 Å². The molecule has 2 aromatic rings. The summed E-state index contributed by atoms with van der Waals surface area (Å²) in [4.78, 5) is 17.2. The van der Waals surface area contributed by atoms with Crippen molar-refractivity contribution in [1.29, 1.82) is 0 Å². The van der Waals surface area contributed by atoms with E-state index >= 15 is 0 Å². The van der Waals surface area contributed by atoms with E-state index in [-0.39, 0.29) is 0 Å². The molecule has 1 heterocycles. The van der Waals surface area contributed by atoms with Crippen LogP contribution in [0.25, 0.3) is 0 Å². The van der Waals surface area contributed by atoms with Gasteiger partial charge >= 0.3 is 0 Å². The van der Waals surface area contributed by atoms with Crippen LogP contribution in [0.4, 0.5) is 10.8 Å². The fraction of sp³-hybridized carbons (Fsp3) is 0.474. The molecular weight excluding hydrogens is 304 g/mol. The SMILES string of the molecule is CCCCCC1c2nc(Nc3ccccc3)sc2CC1CC=O. The quantitative estimate of drug-likeness (QED) is 0.527. The number of rotatable bonds is 8. The second-order valence-electron chi connectivity index (χ2n) is 6.29. The van der Waals surface area contributed by atoms with Gasteiger partial charge in [-0.1, -0.05) is 44.4 Å². The van der Waals surface area contributed by atoms with Gasteiger partial charge in [0.15, 0.2) is 5.13 Å². The number of unbranched alkanes of at least 4 members (excludes halogenated alkanes) is 2. The van der Waals surface area contributed by atoms with Crippen molar-refractivity contribution >= 4 is 28.4 Å². The molecule has 122 valence electrons. The highest BCUT2D eigenvalue weighted by Gasteiger charge is 2.35. The third-order valence-corrected chi connectivity index (χ3v) is 5.65.